The molecule has 2 N–H and O–H groups in total. The van der Waals surface area contributed by atoms with Crippen molar-refractivity contribution < 1.29 is 15.0 Å². The molecule has 1 heterocycles. The largest absolute Gasteiger partial charge is 0.504 e. The van der Waals surface area contributed by atoms with E-state index in [0.717, 1.165) is 16.5 Å². The van der Waals surface area contributed by atoms with Crippen LogP contribution in [0.5, 0.6) is 5.75 Å². The molecule has 29 heavy (non-hydrogen) atoms. The number of carbonyl (C=O) groups is 1. The van der Waals surface area contributed by atoms with Gasteiger partial charge in [0.15, 0.2) is 5.75 Å². The highest BCUT2D eigenvalue weighted by Crippen LogP contribution is 2.40. The second kappa shape index (κ2) is 7.64. The molecular formula is C24H20N2O3. The number of hydrogen-bond donors (Lipinski definition) is 2. The molecule has 0 aliphatic heterocycles. The van der Waals surface area contributed by atoms with Crippen molar-refractivity contribution in [2.75, 3.05) is 4.90 Å². The molecule has 0 radical (unpaired) electrons. The minimum atomic E-state index is -1.02. The molecule has 4 rings (SSSR count). The Bertz CT molecular complexity index is 1200. The number of anilines is 2. The lowest BCUT2D eigenvalue weighted by Gasteiger charge is -2.28. The van der Waals surface area contributed by atoms with Crippen LogP contribution in [0.1, 0.15) is 21.5 Å². The Morgan fingerprint density at radius 3 is 2.48 bits per heavy atom. The number of para-hydroxylation sites is 1. The Kier molecular flexibility index (Phi) is 4.87. The van der Waals surface area contributed by atoms with Crippen LogP contribution in [0.3, 0.4) is 0 Å². The quantitative estimate of drug-likeness (QED) is 0.489. The maximum atomic E-state index is 11.9. The molecule has 0 aliphatic carbocycles. The number of phenols is 1. The van der Waals surface area contributed by atoms with E-state index in [1.165, 1.54) is 0 Å². The highest BCUT2D eigenvalue weighted by molar-refractivity contribution is 5.97. The molecule has 0 amide bonds. The summed E-state index contributed by atoms with van der Waals surface area (Å²) in [5.41, 5.74) is 3.79. The summed E-state index contributed by atoms with van der Waals surface area (Å²) in [6.45, 7) is 2.42. The molecule has 3 aromatic carbocycles. The standard InChI is InChI=1S/C24H20N2O3/c1-16-7-2-3-8-18(16)15-26(20-11-5-4-10-19(20)24(28)29)21-13-12-17-9-6-14-25-22(17)23(21)27/h2-14,27H,15H2,1H3,(H,28,29). The third-order valence-electron chi connectivity index (χ3n) is 5.03. The van der Waals surface area contributed by atoms with Crippen molar-refractivity contribution in [1.82, 2.24) is 4.98 Å². The van der Waals surface area contributed by atoms with Gasteiger partial charge in [0.1, 0.15) is 5.52 Å². The van der Waals surface area contributed by atoms with Gasteiger partial charge in [0.2, 0.25) is 0 Å². The van der Waals surface area contributed by atoms with Gasteiger partial charge in [0.25, 0.3) is 0 Å². The Morgan fingerprint density at radius 1 is 0.931 bits per heavy atom. The maximum Gasteiger partial charge on any atom is 0.337 e. The lowest BCUT2D eigenvalue weighted by molar-refractivity contribution is 0.0697. The van der Waals surface area contributed by atoms with Crippen LogP contribution in [-0.2, 0) is 6.54 Å². The van der Waals surface area contributed by atoms with E-state index in [4.69, 9.17) is 0 Å². The van der Waals surface area contributed by atoms with Crippen molar-refractivity contribution in [2.45, 2.75) is 13.5 Å². The van der Waals surface area contributed by atoms with Crippen molar-refractivity contribution in [1.29, 1.82) is 0 Å². The third kappa shape index (κ3) is 3.50. The van der Waals surface area contributed by atoms with Gasteiger partial charge in [-0.15, -0.1) is 0 Å². The first-order valence-corrected chi connectivity index (χ1v) is 9.27. The van der Waals surface area contributed by atoms with Crippen LogP contribution in [0.25, 0.3) is 10.9 Å². The summed E-state index contributed by atoms with van der Waals surface area (Å²) in [7, 11) is 0. The molecule has 0 aliphatic rings. The topological polar surface area (TPSA) is 73.7 Å². The number of fused-ring (bicyclic) bond motifs is 1. The van der Waals surface area contributed by atoms with Gasteiger partial charge in [-0.1, -0.05) is 48.5 Å². The van der Waals surface area contributed by atoms with Crippen LogP contribution < -0.4 is 4.90 Å². The SMILES string of the molecule is Cc1ccccc1CN(c1ccccc1C(=O)O)c1ccc2cccnc2c1O. The van der Waals surface area contributed by atoms with Gasteiger partial charge >= 0.3 is 5.97 Å². The number of aryl methyl sites for hydroxylation is 1. The zero-order valence-electron chi connectivity index (χ0n) is 15.9. The molecular weight excluding hydrogens is 364 g/mol. The monoisotopic (exact) mass is 384 g/mol. The minimum Gasteiger partial charge on any atom is -0.504 e. The van der Waals surface area contributed by atoms with Crippen molar-refractivity contribution in [3.8, 4) is 5.75 Å². The Labute approximate surface area is 168 Å². The summed E-state index contributed by atoms with van der Waals surface area (Å²) >= 11 is 0. The van der Waals surface area contributed by atoms with Crippen molar-refractivity contribution in [3.05, 3.63) is 95.7 Å². The number of hydrogen-bond acceptors (Lipinski definition) is 4. The van der Waals surface area contributed by atoms with Crippen molar-refractivity contribution in [2.24, 2.45) is 0 Å². The van der Waals surface area contributed by atoms with Crippen LogP contribution in [-0.4, -0.2) is 21.2 Å². The average Bonchev–Trinajstić information content (AvgIpc) is 2.74. The lowest BCUT2D eigenvalue weighted by Crippen LogP contribution is -2.20. The van der Waals surface area contributed by atoms with E-state index in [9.17, 15) is 15.0 Å². The second-order valence-electron chi connectivity index (χ2n) is 6.84. The van der Waals surface area contributed by atoms with Gasteiger partial charge in [-0.2, -0.15) is 0 Å². The fourth-order valence-electron chi connectivity index (χ4n) is 3.48. The summed E-state index contributed by atoms with van der Waals surface area (Å²) < 4.78 is 0. The first-order valence-electron chi connectivity index (χ1n) is 9.27. The number of benzene rings is 3. The number of carboxylic acids is 1. The predicted octanol–water partition coefficient (Wildman–Crippen LogP) is 5.29. The Hall–Kier alpha value is -3.86. The molecule has 1 aromatic heterocycles. The summed E-state index contributed by atoms with van der Waals surface area (Å²) in [6, 6.07) is 22.1. The number of phenolic OH excluding ortho intramolecular Hbond substituents is 1. The van der Waals surface area contributed by atoms with E-state index < -0.39 is 5.97 Å². The molecule has 4 aromatic rings. The number of aromatic carboxylic acids is 1. The Morgan fingerprint density at radius 2 is 1.69 bits per heavy atom. The third-order valence-corrected chi connectivity index (χ3v) is 5.03. The molecule has 0 saturated carbocycles. The second-order valence-corrected chi connectivity index (χ2v) is 6.84. The summed E-state index contributed by atoms with van der Waals surface area (Å²) in [6.07, 6.45) is 1.63. The van der Waals surface area contributed by atoms with Crippen LogP contribution in [0.2, 0.25) is 0 Å². The van der Waals surface area contributed by atoms with Crippen LogP contribution in [0.15, 0.2) is 79.0 Å². The van der Waals surface area contributed by atoms with Gasteiger partial charge in [0.05, 0.1) is 16.9 Å². The van der Waals surface area contributed by atoms with E-state index in [2.05, 4.69) is 4.98 Å². The first kappa shape index (κ1) is 18.5. The van der Waals surface area contributed by atoms with Gasteiger partial charge in [-0.3, -0.25) is 4.98 Å². The average molecular weight is 384 g/mol. The fraction of sp³-hybridized carbons (Fsp3) is 0.0833. The van der Waals surface area contributed by atoms with E-state index in [-0.39, 0.29) is 11.3 Å². The molecule has 0 fully saturated rings. The summed E-state index contributed by atoms with van der Waals surface area (Å²) in [4.78, 5) is 18.0. The molecule has 5 nitrogen and oxygen atoms in total. The van der Waals surface area contributed by atoms with E-state index in [0.29, 0.717) is 23.4 Å². The molecule has 0 bridgehead atoms. The smallest absolute Gasteiger partial charge is 0.337 e. The minimum absolute atomic E-state index is 0.0249. The number of rotatable bonds is 5. The molecule has 0 unspecified atom stereocenters. The zero-order chi connectivity index (χ0) is 20.4. The molecule has 0 saturated heterocycles. The van der Waals surface area contributed by atoms with Crippen LogP contribution in [0, 0.1) is 6.92 Å². The van der Waals surface area contributed by atoms with Gasteiger partial charge in [0, 0.05) is 18.1 Å². The first-order chi connectivity index (χ1) is 14.1. The number of nitrogens with zero attached hydrogens (tertiary/aromatic N) is 2. The highest BCUT2D eigenvalue weighted by Gasteiger charge is 2.21. The summed E-state index contributed by atoms with van der Waals surface area (Å²) in [5, 5.41) is 21.5. The van der Waals surface area contributed by atoms with Crippen LogP contribution in [0.4, 0.5) is 11.4 Å². The van der Waals surface area contributed by atoms with Crippen molar-refractivity contribution in [3.63, 3.8) is 0 Å². The predicted molar refractivity (Wildman–Crippen MR) is 114 cm³/mol. The van der Waals surface area contributed by atoms with Crippen molar-refractivity contribution >= 4 is 28.2 Å². The van der Waals surface area contributed by atoms with E-state index in [1.807, 2.05) is 54.3 Å². The maximum absolute atomic E-state index is 11.9. The molecule has 0 spiro atoms. The number of aromatic hydroxyl groups is 1. The normalized spacial score (nSPS) is 10.8. The van der Waals surface area contributed by atoms with Gasteiger partial charge < -0.3 is 15.1 Å². The summed E-state index contributed by atoms with van der Waals surface area (Å²) in [5.74, 6) is -0.995. The number of carboxylic acid groups (broad SMARTS) is 1. The molecule has 5 heteroatoms. The molecule has 144 valence electrons. The van der Waals surface area contributed by atoms with Crippen LogP contribution >= 0.6 is 0 Å². The zero-order valence-corrected chi connectivity index (χ0v) is 15.9. The van der Waals surface area contributed by atoms with E-state index >= 15 is 0 Å². The van der Waals surface area contributed by atoms with Gasteiger partial charge in [-0.05, 0) is 42.3 Å². The highest BCUT2D eigenvalue weighted by atomic mass is 16.4. The number of pyridine rings is 1. The fourth-order valence-corrected chi connectivity index (χ4v) is 3.48. The van der Waals surface area contributed by atoms with E-state index in [1.54, 1.807) is 36.5 Å². The lowest BCUT2D eigenvalue weighted by atomic mass is 10.0. The molecule has 0 atom stereocenters. The van der Waals surface area contributed by atoms with Gasteiger partial charge in [-0.25, -0.2) is 4.79 Å². The number of aromatic nitrogens is 1. The Balaban J connectivity index is 1.93.